The molecule has 74 heavy (non-hydrogen) atoms. The topological polar surface area (TPSA) is 104 Å². The Bertz CT molecular complexity index is 3330. The van der Waals surface area contributed by atoms with Gasteiger partial charge in [0.1, 0.15) is 41.0 Å². The lowest BCUT2D eigenvalue weighted by Crippen LogP contribution is -2.50. The molecule has 0 unspecified atom stereocenters. The van der Waals surface area contributed by atoms with Crippen molar-refractivity contribution in [3.05, 3.63) is 178 Å². The first kappa shape index (κ1) is 48.5. The standard InChI is InChI=1S/C62H61FN6O5/c1-9-41-25-27-42(28-26-41)37-72-57-55(54-38(2)52(63)33-53-51(54)36-69(66-53)62(44-19-13-10-14-20-44,45-21-15-11-16-22-45)46-23-17-12-18-24-46)49(43-29-30-43)32-50-56(57)64-59(73-40(4)39(3)71-8)65-58(50)67-34-48-31-47(67)35-68(48)60(70)74-61(5,6)7/h1,10-28,32-33,36,39-40,43,47-48H,29-31,34-35,37H2,2-8H3/t39-,40-,47-,48-/m0/s1. The van der Waals surface area contributed by atoms with Crippen LogP contribution < -0.4 is 14.4 Å². The van der Waals surface area contributed by atoms with Crippen LogP contribution in [-0.2, 0) is 21.6 Å². The Hall–Kier alpha value is -7.75. The van der Waals surface area contributed by atoms with Crippen LogP contribution in [0.15, 0.2) is 134 Å². The van der Waals surface area contributed by atoms with Gasteiger partial charge in [-0.1, -0.05) is 109 Å². The van der Waals surface area contributed by atoms with E-state index in [-0.39, 0.29) is 42.8 Å². The maximum atomic E-state index is 17.2. The number of nitrogens with zero attached hydrogens (tertiary/aromatic N) is 6. The van der Waals surface area contributed by atoms with Crippen LogP contribution in [0.2, 0.25) is 0 Å². The number of hydrogen-bond acceptors (Lipinski definition) is 9. The third-order valence-electron chi connectivity index (χ3n) is 15.1. The van der Waals surface area contributed by atoms with Gasteiger partial charge in [-0.3, -0.25) is 4.68 Å². The van der Waals surface area contributed by atoms with Gasteiger partial charge in [0, 0.05) is 59.9 Å². The zero-order valence-corrected chi connectivity index (χ0v) is 43.0. The Labute approximate surface area is 432 Å². The summed E-state index contributed by atoms with van der Waals surface area (Å²) in [5, 5.41) is 6.95. The zero-order chi connectivity index (χ0) is 51.5. The highest BCUT2D eigenvalue weighted by atomic mass is 19.1. The van der Waals surface area contributed by atoms with Crippen molar-refractivity contribution in [2.24, 2.45) is 0 Å². The van der Waals surface area contributed by atoms with Crippen molar-refractivity contribution in [3.63, 3.8) is 0 Å². The highest BCUT2D eigenvalue weighted by Crippen LogP contribution is 2.54. The van der Waals surface area contributed by atoms with E-state index in [0.717, 1.165) is 69.0 Å². The molecule has 2 aromatic heterocycles. The van der Waals surface area contributed by atoms with E-state index in [9.17, 15) is 4.79 Å². The van der Waals surface area contributed by atoms with Crippen molar-refractivity contribution in [1.29, 1.82) is 0 Å². The summed E-state index contributed by atoms with van der Waals surface area (Å²) >= 11 is 0. The number of ether oxygens (including phenoxy) is 4. The predicted octanol–water partition coefficient (Wildman–Crippen LogP) is 12.4. The number of anilines is 1. The largest absolute Gasteiger partial charge is 0.486 e. The Morgan fingerprint density at radius 3 is 2.00 bits per heavy atom. The number of hydrogen-bond donors (Lipinski definition) is 0. The lowest BCUT2D eigenvalue weighted by Gasteiger charge is -2.36. The average Bonchev–Trinajstić information content (AvgIpc) is 3.86. The molecule has 0 N–H and O–H groups in total. The molecule has 11 rings (SSSR count). The van der Waals surface area contributed by atoms with E-state index in [0.29, 0.717) is 46.8 Å². The maximum Gasteiger partial charge on any atom is 0.410 e. The summed E-state index contributed by atoms with van der Waals surface area (Å²) in [6.07, 6.45) is 9.47. The first-order valence-corrected chi connectivity index (χ1v) is 25.6. The van der Waals surface area contributed by atoms with Crippen LogP contribution in [0.3, 0.4) is 0 Å². The molecule has 376 valence electrons. The van der Waals surface area contributed by atoms with E-state index >= 15 is 4.39 Å². The number of benzene rings is 6. The van der Waals surface area contributed by atoms with E-state index in [4.69, 9.17) is 40.4 Å². The second-order valence-electron chi connectivity index (χ2n) is 21.1. The molecule has 2 bridgehead atoms. The van der Waals surface area contributed by atoms with E-state index in [2.05, 4.69) is 59.5 Å². The van der Waals surface area contributed by atoms with Gasteiger partial charge in [-0.15, -0.1) is 6.42 Å². The Kier molecular flexibility index (Phi) is 12.6. The molecule has 6 aromatic carbocycles. The maximum absolute atomic E-state index is 17.2. The summed E-state index contributed by atoms with van der Waals surface area (Å²) < 4.78 is 44.7. The summed E-state index contributed by atoms with van der Waals surface area (Å²) in [5.41, 5.74) is 6.94. The number of likely N-dealkylation sites (tertiary alicyclic amines) is 1. The smallest absolute Gasteiger partial charge is 0.410 e. The first-order chi connectivity index (χ1) is 35.7. The average molecular weight is 989 g/mol. The number of terminal acetylenes is 1. The molecule has 0 radical (unpaired) electrons. The quantitative estimate of drug-likeness (QED) is 0.0778. The van der Waals surface area contributed by atoms with Gasteiger partial charge in [0.05, 0.1) is 23.7 Å². The Balaban J connectivity index is 1.17. The minimum atomic E-state index is -0.963. The van der Waals surface area contributed by atoms with Gasteiger partial charge in [0.2, 0.25) is 0 Å². The molecule has 1 amide bonds. The zero-order valence-electron chi connectivity index (χ0n) is 43.0. The van der Waals surface area contributed by atoms with Crippen LogP contribution in [0.25, 0.3) is 32.9 Å². The Morgan fingerprint density at radius 1 is 0.811 bits per heavy atom. The number of carbonyl (C=O) groups excluding carboxylic acids is 1. The third-order valence-corrected chi connectivity index (χ3v) is 15.1. The number of methoxy groups -OCH3 is 1. The molecule has 0 spiro atoms. The lowest BCUT2D eigenvalue weighted by atomic mass is 9.77. The number of piperazine rings is 1. The van der Waals surface area contributed by atoms with Crippen molar-refractivity contribution in [3.8, 4) is 35.2 Å². The van der Waals surface area contributed by atoms with Crippen LogP contribution in [0, 0.1) is 25.1 Å². The lowest BCUT2D eigenvalue weighted by molar-refractivity contribution is 0.0189. The van der Waals surface area contributed by atoms with Crippen LogP contribution in [0.4, 0.5) is 15.0 Å². The summed E-state index contributed by atoms with van der Waals surface area (Å²) in [5.74, 6) is 3.63. The number of aromatic nitrogens is 4. The Morgan fingerprint density at radius 2 is 1.45 bits per heavy atom. The van der Waals surface area contributed by atoms with Crippen LogP contribution in [-0.4, -0.2) is 80.8 Å². The molecule has 3 aliphatic rings. The van der Waals surface area contributed by atoms with Crippen LogP contribution >= 0.6 is 0 Å². The van der Waals surface area contributed by atoms with Crippen molar-refractivity contribution in [1.82, 2.24) is 24.6 Å². The molecular weight excluding hydrogens is 928 g/mol. The fourth-order valence-electron chi connectivity index (χ4n) is 11.0. The molecule has 3 fully saturated rings. The molecular formula is C62H61FN6O5. The summed E-state index contributed by atoms with van der Waals surface area (Å²) in [7, 11) is 1.65. The predicted molar refractivity (Wildman–Crippen MR) is 287 cm³/mol. The van der Waals surface area contributed by atoms with Crippen molar-refractivity contribution in [2.45, 2.75) is 109 Å². The minimum absolute atomic E-state index is 0.0492. The summed E-state index contributed by atoms with van der Waals surface area (Å²) in [4.78, 5) is 28.2. The first-order valence-electron chi connectivity index (χ1n) is 25.6. The second-order valence-corrected chi connectivity index (χ2v) is 21.1. The minimum Gasteiger partial charge on any atom is -0.486 e. The fourth-order valence-corrected chi connectivity index (χ4v) is 11.0. The van der Waals surface area contributed by atoms with Crippen LogP contribution in [0.1, 0.15) is 98.7 Å². The number of carbonyl (C=O) groups is 1. The second kappa shape index (κ2) is 19.3. The molecule has 2 aliphatic heterocycles. The number of halogens is 1. The molecule has 1 saturated carbocycles. The summed E-state index contributed by atoms with van der Waals surface area (Å²) in [6.45, 7) is 12.5. The molecule has 2 saturated heterocycles. The van der Waals surface area contributed by atoms with Crippen molar-refractivity contribution < 1.29 is 28.1 Å². The molecule has 11 nitrogen and oxygen atoms in total. The van der Waals surface area contributed by atoms with Gasteiger partial charge < -0.3 is 28.7 Å². The molecule has 12 heteroatoms. The van der Waals surface area contributed by atoms with E-state index in [1.54, 1.807) is 13.2 Å². The van der Waals surface area contributed by atoms with Gasteiger partial charge in [-0.2, -0.15) is 15.1 Å². The van der Waals surface area contributed by atoms with Crippen molar-refractivity contribution in [2.75, 3.05) is 25.1 Å². The highest BCUT2D eigenvalue weighted by Gasteiger charge is 2.48. The van der Waals surface area contributed by atoms with Crippen molar-refractivity contribution >= 4 is 33.7 Å². The summed E-state index contributed by atoms with van der Waals surface area (Å²) in [6, 6.07) is 42.6. The fraction of sp³-hybridized carbons (Fsp3) is 0.323. The van der Waals surface area contributed by atoms with Gasteiger partial charge >= 0.3 is 12.1 Å². The van der Waals surface area contributed by atoms with E-state index < -0.39 is 23.1 Å². The van der Waals surface area contributed by atoms with Gasteiger partial charge in [0.25, 0.3) is 0 Å². The van der Waals surface area contributed by atoms with E-state index in [1.807, 2.05) is 130 Å². The van der Waals surface area contributed by atoms with Gasteiger partial charge in [-0.25, -0.2) is 9.18 Å². The van der Waals surface area contributed by atoms with E-state index in [1.165, 1.54) is 0 Å². The highest BCUT2D eigenvalue weighted by molar-refractivity contribution is 6.06. The molecule has 4 atom stereocenters. The number of fused-ring (bicyclic) bond motifs is 4. The van der Waals surface area contributed by atoms with Gasteiger partial charge in [0.15, 0.2) is 5.75 Å². The number of amides is 1. The molecule has 4 heterocycles. The van der Waals surface area contributed by atoms with Gasteiger partial charge in [-0.05, 0) is 118 Å². The molecule has 1 aliphatic carbocycles. The monoisotopic (exact) mass is 988 g/mol. The number of rotatable bonds is 14. The van der Waals surface area contributed by atoms with Crippen LogP contribution in [0.5, 0.6) is 11.8 Å². The molecule has 8 aromatic rings. The third kappa shape index (κ3) is 8.76. The SMILES string of the molecule is C#Cc1ccc(COc2c(-c3c(C)c(F)cc4nn(C(c5ccccc5)(c5ccccc5)c5ccccc5)cc34)c(C3CC3)cc3c(N4C[C@@H]5C[C@H]4CN5C(=O)OC(C)(C)C)nc(O[C@@H](C)[C@H](C)OC)nc23)cc1. The normalized spacial score (nSPS) is 17.4.